The first kappa shape index (κ1) is 17.8. The van der Waals surface area contributed by atoms with Crippen LogP contribution in [0.25, 0.3) is 0 Å². The molecular formula is C19H29N3O3. The number of hydrogen-bond acceptors (Lipinski definition) is 3. The average molecular weight is 347 g/mol. The Morgan fingerprint density at radius 1 is 1.32 bits per heavy atom. The van der Waals surface area contributed by atoms with E-state index in [9.17, 15) is 9.59 Å². The fraction of sp³-hybridized carbons (Fsp3) is 0.684. The Labute approximate surface area is 149 Å². The van der Waals surface area contributed by atoms with Crippen LogP contribution in [0, 0.1) is 11.8 Å². The number of aryl methyl sites for hydroxylation is 1. The largest absolute Gasteiger partial charge is 0.469 e. The van der Waals surface area contributed by atoms with Gasteiger partial charge >= 0.3 is 6.03 Å². The molecule has 1 fully saturated rings. The summed E-state index contributed by atoms with van der Waals surface area (Å²) >= 11 is 0. The standard InChI is InChI=1S/C19H29N3O3/c1-13(2)18(23)20-11-14-5-4-9-22(12-14)19(24)21-16-6-3-7-17-15(16)8-10-25-17/h8,10,13-14,16H,3-7,9,11-12H2,1-2H3,(H,20,23)(H,21,24)/t14-,16+/m0/s1. The van der Waals surface area contributed by atoms with Crippen LogP contribution in [0.5, 0.6) is 0 Å². The van der Waals surface area contributed by atoms with E-state index in [1.54, 1.807) is 6.26 Å². The number of carbonyl (C=O) groups excluding carboxylic acids is 2. The average Bonchev–Trinajstić information content (AvgIpc) is 3.09. The third kappa shape index (κ3) is 4.35. The highest BCUT2D eigenvalue weighted by molar-refractivity contribution is 5.78. The molecule has 1 saturated heterocycles. The van der Waals surface area contributed by atoms with Crippen LogP contribution in [0.2, 0.25) is 0 Å². The quantitative estimate of drug-likeness (QED) is 0.879. The fourth-order valence-corrected chi connectivity index (χ4v) is 3.74. The molecular weight excluding hydrogens is 318 g/mol. The van der Waals surface area contributed by atoms with Gasteiger partial charge in [0.15, 0.2) is 0 Å². The molecule has 2 heterocycles. The molecule has 25 heavy (non-hydrogen) atoms. The number of carbonyl (C=O) groups is 2. The number of nitrogens with zero attached hydrogens (tertiary/aromatic N) is 1. The van der Waals surface area contributed by atoms with Crippen molar-refractivity contribution in [3.8, 4) is 0 Å². The molecule has 0 radical (unpaired) electrons. The van der Waals surface area contributed by atoms with Gasteiger partial charge in [-0.15, -0.1) is 0 Å². The fourth-order valence-electron chi connectivity index (χ4n) is 3.74. The van der Waals surface area contributed by atoms with Crippen LogP contribution in [-0.2, 0) is 11.2 Å². The molecule has 1 aliphatic heterocycles. The summed E-state index contributed by atoms with van der Waals surface area (Å²) in [7, 11) is 0. The maximum atomic E-state index is 12.7. The Morgan fingerprint density at radius 2 is 2.16 bits per heavy atom. The molecule has 2 aliphatic rings. The third-order valence-corrected chi connectivity index (χ3v) is 5.25. The minimum atomic E-state index is -0.00144. The maximum absolute atomic E-state index is 12.7. The van der Waals surface area contributed by atoms with Crippen molar-refractivity contribution >= 4 is 11.9 Å². The molecule has 2 atom stereocenters. The van der Waals surface area contributed by atoms with Crippen LogP contribution < -0.4 is 10.6 Å². The van der Waals surface area contributed by atoms with Crippen molar-refractivity contribution in [2.24, 2.45) is 11.8 Å². The number of amides is 3. The van der Waals surface area contributed by atoms with Gasteiger partial charge < -0.3 is 20.0 Å². The molecule has 1 aromatic heterocycles. The number of nitrogens with one attached hydrogen (secondary N) is 2. The first-order valence-corrected chi connectivity index (χ1v) is 9.44. The summed E-state index contributed by atoms with van der Waals surface area (Å²) in [6.45, 7) is 5.92. The molecule has 6 nitrogen and oxygen atoms in total. The van der Waals surface area contributed by atoms with Gasteiger partial charge in [0.25, 0.3) is 0 Å². The Balaban J connectivity index is 1.52. The second-order valence-corrected chi connectivity index (χ2v) is 7.55. The van der Waals surface area contributed by atoms with E-state index in [1.165, 1.54) is 0 Å². The van der Waals surface area contributed by atoms with Crippen LogP contribution in [0.4, 0.5) is 4.79 Å². The Kier molecular flexibility index (Phi) is 5.66. The van der Waals surface area contributed by atoms with Crippen molar-refractivity contribution < 1.29 is 14.0 Å². The SMILES string of the molecule is CC(C)C(=O)NC[C@@H]1CCCN(C(=O)N[C@@H]2CCCc3occc32)C1. The van der Waals surface area contributed by atoms with Crippen molar-refractivity contribution in [3.63, 3.8) is 0 Å². The highest BCUT2D eigenvalue weighted by Gasteiger charge is 2.28. The maximum Gasteiger partial charge on any atom is 0.317 e. The van der Waals surface area contributed by atoms with E-state index in [1.807, 2.05) is 24.8 Å². The summed E-state index contributed by atoms with van der Waals surface area (Å²) in [4.78, 5) is 26.3. The molecule has 1 aliphatic carbocycles. The topological polar surface area (TPSA) is 74.6 Å². The molecule has 0 bridgehead atoms. The monoisotopic (exact) mass is 347 g/mol. The Bertz CT molecular complexity index is 611. The van der Waals surface area contributed by atoms with Crippen molar-refractivity contribution in [2.45, 2.75) is 52.0 Å². The van der Waals surface area contributed by atoms with E-state index in [4.69, 9.17) is 4.42 Å². The van der Waals surface area contributed by atoms with Gasteiger partial charge in [-0.05, 0) is 37.7 Å². The number of urea groups is 1. The van der Waals surface area contributed by atoms with Crippen LogP contribution in [0.3, 0.4) is 0 Å². The van der Waals surface area contributed by atoms with Crippen molar-refractivity contribution in [1.29, 1.82) is 0 Å². The summed E-state index contributed by atoms with van der Waals surface area (Å²) in [5.41, 5.74) is 1.12. The van der Waals surface area contributed by atoms with Gasteiger partial charge in [-0.1, -0.05) is 13.8 Å². The summed E-state index contributed by atoms with van der Waals surface area (Å²) in [5.74, 6) is 1.41. The highest BCUT2D eigenvalue weighted by Crippen LogP contribution is 2.30. The number of piperidine rings is 1. The van der Waals surface area contributed by atoms with Crippen LogP contribution in [0.15, 0.2) is 16.7 Å². The molecule has 3 amide bonds. The normalized spacial score (nSPS) is 23.2. The second-order valence-electron chi connectivity index (χ2n) is 7.55. The van der Waals surface area contributed by atoms with Crippen molar-refractivity contribution in [3.05, 3.63) is 23.7 Å². The van der Waals surface area contributed by atoms with Gasteiger partial charge in [-0.25, -0.2) is 4.79 Å². The van der Waals surface area contributed by atoms with Gasteiger partial charge in [0.05, 0.1) is 12.3 Å². The van der Waals surface area contributed by atoms with E-state index in [-0.39, 0.29) is 23.9 Å². The first-order chi connectivity index (χ1) is 12.0. The summed E-state index contributed by atoms with van der Waals surface area (Å²) in [6, 6.07) is 2.02. The van der Waals surface area contributed by atoms with Crippen molar-refractivity contribution in [2.75, 3.05) is 19.6 Å². The van der Waals surface area contributed by atoms with Gasteiger partial charge in [-0.2, -0.15) is 0 Å². The van der Waals surface area contributed by atoms with E-state index < -0.39 is 0 Å². The third-order valence-electron chi connectivity index (χ3n) is 5.25. The van der Waals surface area contributed by atoms with Gasteiger partial charge in [0.2, 0.25) is 5.91 Å². The van der Waals surface area contributed by atoms with E-state index >= 15 is 0 Å². The highest BCUT2D eigenvalue weighted by atomic mass is 16.3. The molecule has 0 unspecified atom stereocenters. The Morgan fingerprint density at radius 3 is 2.96 bits per heavy atom. The van der Waals surface area contributed by atoms with Gasteiger partial charge in [0, 0.05) is 37.5 Å². The predicted molar refractivity (Wildman–Crippen MR) is 95.1 cm³/mol. The molecule has 6 heteroatoms. The predicted octanol–water partition coefficient (Wildman–Crippen LogP) is 2.85. The minimum Gasteiger partial charge on any atom is -0.469 e. The number of furan rings is 1. The van der Waals surface area contributed by atoms with E-state index in [0.29, 0.717) is 19.0 Å². The summed E-state index contributed by atoms with van der Waals surface area (Å²) in [6.07, 6.45) is 6.70. The molecule has 138 valence electrons. The molecule has 2 N–H and O–H groups in total. The summed E-state index contributed by atoms with van der Waals surface area (Å²) < 4.78 is 5.50. The van der Waals surface area contributed by atoms with Gasteiger partial charge in [0.1, 0.15) is 5.76 Å². The van der Waals surface area contributed by atoms with Crippen LogP contribution >= 0.6 is 0 Å². The molecule has 0 saturated carbocycles. The number of rotatable bonds is 4. The van der Waals surface area contributed by atoms with E-state index in [2.05, 4.69) is 10.6 Å². The van der Waals surface area contributed by atoms with Crippen LogP contribution in [-0.4, -0.2) is 36.5 Å². The lowest BCUT2D eigenvalue weighted by Gasteiger charge is -2.34. The summed E-state index contributed by atoms with van der Waals surface area (Å²) in [5, 5.41) is 6.17. The van der Waals surface area contributed by atoms with Crippen molar-refractivity contribution in [1.82, 2.24) is 15.5 Å². The van der Waals surface area contributed by atoms with Gasteiger partial charge in [-0.3, -0.25) is 4.79 Å². The molecule has 1 aromatic rings. The zero-order valence-corrected chi connectivity index (χ0v) is 15.2. The Hall–Kier alpha value is -1.98. The zero-order valence-electron chi connectivity index (χ0n) is 15.2. The number of fused-ring (bicyclic) bond motifs is 1. The lowest BCUT2D eigenvalue weighted by atomic mass is 9.93. The second kappa shape index (κ2) is 7.93. The number of likely N-dealkylation sites (tertiary alicyclic amines) is 1. The molecule has 3 rings (SSSR count). The number of hydrogen-bond donors (Lipinski definition) is 2. The van der Waals surface area contributed by atoms with E-state index in [0.717, 1.165) is 50.0 Å². The lowest BCUT2D eigenvalue weighted by Crippen LogP contribution is -2.48. The van der Waals surface area contributed by atoms with Crippen LogP contribution in [0.1, 0.15) is 56.9 Å². The zero-order chi connectivity index (χ0) is 17.8. The smallest absolute Gasteiger partial charge is 0.317 e. The molecule has 0 spiro atoms. The first-order valence-electron chi connectivity index (χ1n) is 9.44. The lowest BCUT2D eigenvalue weighted by molar-refractivity contribution is -0.124. The molecule has 0 aromatic carbocycles. The minimum absolute atomic E-state index is 0.000985.